The van der Waals surface area contributed by atoms with Gasteiger partial charge in [0.05, 0.1) is 5.76 Å². The van der Waals surface area contributed by atoms with Crippen LogP contribution >= 0.6 is 15.9 Å². The van der Waals surface area contributed by atoms with Gasteiger partial charge in [-0.3, -0.25) is 0 Å². The first-order valence-corrected chi connectivity index (χ1v) is 3.40. The summed E-state index contributed by atoms with van der Waals surface area (Å²) in [6, 6.07) is 0. The summed E-state index contributed by atoms with van der Waals surface area (Å²) in [6.45, 7) is 5.71. The van der Waals surface area contributed by atoms with E-state index in [0.717, 1.165) is 4.48 Å². The topological polar surface area (TPSA) is 20.2 Å². The summed E-state index contributed by atoms with van der Waals surface area (Å²) in [6.07, 6.45) is 0. The van der Waals surface area contributed by atoms with Gasteiger partial charge in [0.1, 0.15) is 0 Å². The van der Waals surface area contributed by atoms with Crippen molar-refractivity contribution in [3.05, 3.63) is 10.2 Å². The minimum absolute atomic E-state index is 0.375. The highest BCUT2D eigenvalue weighted by Crippen LogP contribution is 2.18. The Morgan fingerprint density at radius 1 is 1.50 bits per heavy atom. The molecule has 0 radical (unpaired) electrons. The van der Waals surface area contributed by atoms with E-state index in [0.29, 0.717) is 11.7 Å². The van der Waals surface area contributed by atoms with Crippen molar-refractivity contribution in [3.63, 3.8) is 0 Å². The van der Waals surface area contributed by atoms with Crippen molar-refractivity contribution in [1.29, 1.82) is 0 Å². The zero-order chi connectivity index (χ0) is 6.73. The van der Waals surface area contributed by atoms with Gasteiger partial charge >= 0.3 is 0 Å². The van der Waals surface area contributed by atoms with Crippen LogP contribution in [-0.2, 0) is 0 Å². The average molecular weight is 179 g/mol. The Balaban J connectivity index is 4.00. The fraction of sp³-hybridized carbons (Fsp3) is 0.667. The van der Waals surface area contributed by atoms with Crippen LogP contribution in [0.25, 0.3) is 0 Å². The standard InChI is InChI=1S/C6H11BrO/c1-4(2)6(7)5(3)8/h4,8H,1-3H3/b6-5-. The van der Waals surface area contributed by atoms with Gasteiger partial charge in [-0.15, -0.1) is 0 Å². The maximum atomic E-state index is 8.82. The number of hydrogen-bond acceptors (Lipinski definition) is 1. The van der Waals surface area contributed by atoms with Gasteiger partial charge in [0.2, 0.25) is 0 Å². The average Bonchev–Trinajstić information content (AvgIpc) is 1.64. The predicted octanol–water partition coefficient (Wildman–Crippen LogP) is 2.83. The fourth-order valence-corrected chi connectivity index (χ4v) is 0.418. The van der Waals surface area contributed by atoms with Crippen LogP contribution in [0.3, 0.4) is 0 Å². The molecule has 2 heteroatoms. The second-order valence-corrected chi connectivity index (χ2v) is 2.94. The lowest BCUT2D eigenvalue weighted by Gasteiger charge is -2.01. The molecular weight excluding hydrogens is 168 g/mol. The molecule has 0 fully saturated rings. The van der Waals surface area contributed by atoms with Crippen LogP contribution in [0.15, 0.2) is 10.2 Å². The lowest BCUT2D eigenvalue weighted by Crippen LogP contribution is -1.88. The Kier molecular flexibility index (Phi) is 3.13. The van der Waals surface area contributed by atoms with Crippen LogP contribution in [0.4, 0.5) is 0 Å². The molecule has 0 saturated heterocycles. The largest absolute Gasteiger partial charge is 0.512 e. The van der Waals surface area contributed by atoms with Crippen molar-refractivity contribution >= 4 is 15.9 Å². The zero-order valence-electron chi connectivity index (χ0n) is 5.40. The third-order valence-electron chi connectivity index (χ3n) is 0.853. The first kappa shape index (κ1) is 8.02. The molecule has 0 aliphatic rings. The maximum Gasteiger partial charge on any atom is 0.0995 e. The number of aliphatic hydroxyl groups excluding tert-OH is 1. The highest BCUT2D eigenvalue weighted by molar-refractivity contribution is 9.11. The van der Waals surface area contributed by atoms with E-state index in [1.165, 1.54) is 0 Å². The van der Waals surface area contributed by atoms with E-state index in [9.17, 15) is 0 Å². The number of rotatable bonds is 1. The molecule has 0 amide bonds. The molecule has 0 aliphatic carbocycles. The van der Waals surface area contributed by atoms with Gasteiger partial charge in [0.25, 0.3) is 0 Å². The predicted molar refractivity (Wildman–Crippen MR) is 39.1 cm³/mol. The van der Waals surface area contributed by atoms with Gasteiger partial charge in [0, 0.05) is 4.48 Å². The number of hydrogen-bond donors (Lipinski definition) is 1. The zero-order valence-corrected chi connectivity index (χ0v) is 6.99. The third-order valence-corrected chi connectivity index (χ3v) is 2.34. The lowest BCUT2D eigenvalue weighted by molar-refractivity contribution is 0.406. The van der Waals surface area contributed by atoms with Crippen LogP contribution in [0.5, 0.6) is 0 Å². The Bertz CT molecular complexity index is 101. The molecule has 0 rings (SSSR count). The summed E-state index contributed by atoms with van der Waals surface area (Å²) in [7, 11) is 0. The van der Waals surface area contributed by atoms with Crippen LogP contribution in [0.2, 0.25) is 0 Å². The van der Waals surface area contributed by atoms with Gasteiger partial charge in [-0.2, -0.15) is 0 Å². The quantitative estimate of drug-likeness (QED) is 0.613. The van der Waals surface area contributed by atoms with Crippen LogP contribution < -0.4 is 0 Å². The Morgan fingerprint density at radius 2 is 1.88 bits per heavy atom. The third kappa shape index (κ3) is 2.36. The van der Waals surface area contributed by atoms with E-state index in [4.69, 9.17) is 5.11 Å². The first-order valence-electron chi connectivity index (χ1n) is 2.61. The Hall–Kier alpha value is 0.0200. The highest BCUT2D eigenvalue weighted by atomic mass is 79.9. The second kappa shape index (κ2) is 3.13. The summed E-state index contributed by atoms with van der Waals surface area (Å²) in [4.78, 5) is 0. The first-order chi connectivity index (χ1) is 3.55. The molecular formula is C6H11BrO. The number of aliphatic hydroxyl groups is 1. The molecule has 0 aromatic heterocycles. The van der Waals surface area contributed by atoms with E-state index in [-0.39, 0.29) is 0 Å². The van der Waals surface area contributed by atoms with Gasteiger partial charge in [-0.25, -0.2) is 0 Å². The molecule has 0 atom stereocenters. The molecule has 1 nitrogen and oxygen atoms in total. The summed E-state index contributed by atoms with van der Waals surface area (Å²) in [5.41, 5.74) is 0. The van der Waals surface area contributed by atoms with Gasteiger partial charge < -0.3 is 5.11 Å². The monoisotopic (exact) mass is 178 g/mol. The minimum atomic E-state index is 0.375. The van der Waals surface area contributed by atoms with E-state index in [2.05, 4.69) is 15.9 Å². The summed E-state index contributed by atoms with van der Waals surface area (Å²) in [5, 5.41) is 8.82. The maximum absolute atomic E-state index is 8.82. The van der Waals surface area contributed by atoms with Gasteiger partial charge in [-0.1, -0.05) is 29.8 Å². The molecule has 0 unspecified atom stereocenters. The molecule has 1 N–H and O–H groups in total. The van der Waals surface area contributed by atoms with Gasteiger partial charge in [-0.05, 0) is 12.8 Å². The molecule has 0 saturated carbocycles. The molecule has 0 heterocycles. The van der Waals surface area contributed by atoms with Crippen molar-refractivity contribution in [2.24, 2.45) is 5.92 Å². The van der Waals surface area contributed by atoms with Crippen LogP contribution in [0.1, 0.15) is 20.8 Å². The van der Waals surface area contributed by atoms with E-state index >= 15 is 0 Å². The molecule has 0 spiro atoms. The summed E-state index contributed by atoms with van der Waals surface area (Å²) >= 11 is 3.24. The summed E-state index contributed by atoms with van der Waals surface area (Å²) < 4.78 is 0.887. The van der Waals surface area contributed by atoms with Crippen molar-refractivity contribution in [3.8, 4) is 0 Å². The smallest absolute Gasteiger partial charge is 0.0995 e. The second-order valence-electron chi connectivity index (χ2n) is 2.09. The summed E-state index contributed by atoms with van der Waals surface area (Å²) in [5.74, 6) is 0.764. The van der Waals surface area contributed by atoms with Crippen molar-refractivity contribution in [1.82, 2.24) is 0 Å². The van der Waals surface area contributed by atoms with E-state index in [1.807, 2.05) is 13.8 Å². The molecule has 0 aromatic rings. The fourth-order valence-electron chi connectivity index (χ4n) is 0.418. The molecule has 48 valence electrons. The van der Waals surface area contributed by atoms with Crippen LogP contribution in [-0.4, -0.2) is 5.11 Å². The number of halogens is 1. The lowest BCUT2D eigenvalue weighted by atomic mass is 10.2. The number of allylic oxidation sites excluding steroid dienone is 2. The van der Waals surface area contributed by atoms with E-state index in [1.54, 1.807) is 6.92 Å². The Morgan fingerprint density at radius 3 is 1.88 bits per heavy atom. The van der Waals surface area contributed by atoms with E-state index < -0.39 is 0 Å². The molecule has 0 bridgehead atoms. The SMILES string of the molecule is C/C(O)=C(/Br)C(C)C. The normalized spacial score (nSPS) is 14.1. The molecule has 0 aromatic carbocycles. The van der Waals surface area contributed by atoms with Gasteiger partial charge in [0.15, 0.2) is 0 Å². The Labute approximate surface area is 58.5 Å². The molecule has 8 heavy (non-hydrogen) atoms. The van der Waals surface area contributed by atoms with Crippen LogP contribution in [0, 0.1) is 5.92 Å². The molecule has 0 aliphatic heterocycles. The highest BCUT2D eigenvalue weighted by Gasteiger charge is 2.00. The minimum Gasteiger partial charge on any atom is -0.512 e. The van der Waals surface area contributed by atoms with Crippen molar-refractivity contribution < 1.29 is 5.11 Å². The van der Waals surface area contributed by atoms with Crippen molar-refractivity contribution in [2.75, 3.05) is 0 Å². The van der Waals surface area contributed by atoms with Crippen molar-refractivity contribution in [2.45, 2.75) is 20.8 Å².